The highest BCUT2D eigenvalue weighted by molar-refractivity contribution is 5.85. The predicted molar refractivity (Wildman–Crippen MR) is 195 cm³/mol. The van der Waals surface area contributed by atoms with E-state index in [1.807, 2.05) is 7.11 Å². The number of fused-ring (bicyclic) bond motifs is 1. The lowest BCUT2D eigenvalue weighted by atomic mass is 9.43. The van der Waals surface area contributed by atoms with E-state index in [2.05, 4.69) is 97.3 Å². The highest BCUT2D eigenvalue weighted by Crippen LogP contribution is 2.77. The topological polar surface area (TPSA) is 24.9 Å². The van der Waals surface area contributed by atoms with Gasteiger partial charge in [-0.2, -0.15) is 0 Å². The number of nitrogens with zero attached hydrogens (tertiary/aromatic N) is 2. The van der Waals surface area contributed by atoms with Gasteiger partial charge in [-0.25, -0.2) is 0 Å². The van der Waals surface area contributed by atoms with Gasteiger partial charge in [-0.3, -0.25) is 9.80 Å². The van der Waals surface area contributed by atoms with E-state index in [4.69, 9.17) is 9.47 Å². The normalized spacial score (nSPS) is 32.1. The molecule has 9 rings (SSSR count). The average molecular weight is 676 g/mol. The fourth-order valence-corrected chi connectivity index (χ4v) is 11.5. The molecule has 6 aliphatic rings. The summed E-state index contributed by atoms with van der Waals surface area (Å²) < 4.78 is 13.3. The molecule has 2 saturated heterocycles. The molecule has 4 nitrogen and oxygen atoms in total. The van der Waals surface area contributed by atoms with Gasteiger partial charge < -0.3 is 9.47 Å². The van der Waals surface area contributed by atoms with Gasteiger partial charge in [0.05, 0.1) is 7.11 Å². The zero-order chi connectivity index (χ0) is 30.6. The van der Waals surface area contributed by atoms with E-state index in [-0.39, 0.29) is 35.6 Å². The smallest absolute Gasteiger partial charge is 0.173 e. The average Bonchev–Trinajstić information content (AvgIpc) is 3.74. The number of halogens is 2. The van der Waals surface area contributed by atoms with Crippen molar-refractivity contribution in [3.05, 3.63) is 89.0 Å². The third kappa shape index (κ3) is 4.98. The van der Waals surface area contributed by atoms with Gasteiger partial charge in [0.2, 0.25) is 0 Å². The lowest BCUT2D eigenvalue weighted by Gasteiger charge is -2.66. The van der Waals surface area contributed by atoms with Crippen LogP contribution >= 0.6 is 24.8 Å². The maximum Gasteiger partial charge on any atom is 0.173 e. The van der Waals surface area contributed by atoms with E-state index in [1.54, 1.807) is 0 Å². The second kappa shape index (κ2) is 12.0. The van der Waals surface area contributed by atoms with Crippen LogP contribution in [0.5, 0.6) is 17.2 Å². The van der Waals surface area contributed by atoms with E-state index in [0.717, 1.165) is 42.0 Å². The van der Waals surface area contributed by atoms with Crippen LogP contribution in [0.15, 0.2) is 66.7 Å². The van der Waals surface area contributed by atoms with E-state index >= 15 is 0 Å². The summed E-state index contributed by atoms with van der Waals surface area (Å²) >= 11 is 0. The molecule has 4 aliphatic carbocycles. The SMILES string of the molecule is COc1ccc2c(c1Oc1ccc(C(C)(C)C)cc1)[C@]13CCN(CC4CC4)[C@H](C2)[C@]12CC[C@@H]1[C@H]3[C@@H](CN1Cc1ccccc1)C2.Cl.Cl. The lowest BCUT2D eigenvalue weighted by molar-refractivity contribution is -0.106. The Labute approximate surface area is 294 Å². The van der Waals surface area contributed by atoms with Crippen molar-refractivity contribution in [3.63, 3.8) is 0 Å². The van der Waals surface area contributed by atoms with Crippen LogP contribution in [0.4, 0.5) is 0 Å². The minimum atomic E-state index is 0. The summed E-state index contributed by atoms with van der Waals surface area (Å²) in [5, 5.41) is 0. The van der Waals surface area contributed by atoms with Crippen LogP contribution in [-0.4, -0.2) is 48.6 Å². The van der Waals surface area contributed by atoms with E-state index < -0.39 is 0 Å². The van der Waals surface area contributed by atoms with Gasteiger partial charge in [0.25, 0.3) is 0 Å². The first-order chi connectivity index (χ1) is 21.8. The zero-order valence-electron chi connectivity index (χ0n) is 28.5. The Hall–Kier alpha value is -2.24. The van der Waals surface area contributed by atoms with E-state index in [1.165, 1.54) is 80.4 Å². The van der Waals surface area contributed by atoms with Crippen molar-refractivity contribution in [1.29, 1.82) is 0 Å². The van der Waals surface area contributed by atoms with Gasteiger partial charge in [0.15, 0.2) is 11.5 Å². The third-order valence-corrected chi connectivity index (χ3v) is 13.3. The van der Waals surface area contributed by atoms with Crippen LogP contribution in [0.2, 0.25) is 0 Å². The number of hydrogen-bond acceptors (Lipinski definition) is 4. The lowest BCUT2D eigenvalue weighted by Crippen LogP contribution is -2.69. The Bertz CT molecular complexity index is 1600. The molecule has 6 atom stereocenters. The van der Waals surface area contributed by atoms with Gasteiger partial charge in [0, 0.05) is 42.7 Å². The summed E-state index contributed by atoms with van der Waals surface area (Å²) in [5.41, 5.74) is 6.43. The second-order valence-corrected chi connectivity index (χ2v) is 16.6. The molecule has 0 aromatic heterocycles. The van der Waals surface area contributed by atoms with Crippen molar-refractivity contribution in [3.8, 4) is 17.2 Å². The molecule has 0 amide bonds. The summed E-state index contributed by atoms with van der Waals surface area (Å²) in [6, 6.07) is 26.0. The van der Waals surface area contributed by atoms with Crippen LogP contribution < -0.4 is 9.47 Å². The highest BCUT2D eigenvalue weighted by atomic mass is 35.5. The molecule has 0 N–H and O–H groups in total. The molecule has 2 heterocycles. The van der Waals surface area contributed by atoms with Crippen LogP contribution in [0.1, 0.15) is 81.5 Å². The van der Waals surface area contributed by atoms with Gasteiger partial charge >= 0.3 is 0 Å². The summed E-state index contributed by atoms with van der Waals surface area (Å²) in [5.74, 6) is 5.19. The monoisotopic (exact) mass is 674 g/mol. The Morgan fingerprint density at radius 2 is 1.64 bits per heavy atom. The van der Waals surface area contributed by atoms with Crippen molar-refractivity contribution in [2.45, 2.75) is 95.2 Å². The van der Waals surface area contributed by atoms with Crippen molar-refractivity contribution >= 4 is 24.8 Å². The Kier molecular flexibility index (Phi) is 8.47. The summed E-state index contributed by atoms with van der Waals surface area (Å²) in [4.78, 5) is 5.87. The number of hydrogen-bond donors (Lipinski definition) is 0. The fourth-order valence-electron chi connectivity index (χ4n) is 11.5. The maximum atomic E-state index is 7.09. The van der Waals surface area contributed by atoms with Crippen molar-refractivity contribution in [2.24, 2.45) is 23.2 Å². The number of methoxy groups -OCH3 is 1. The number of piperidine rings is 1. The largest absolute Gasteiger partial charge is 0.493 e. The fraction of sp³-hybridized carbons (Fsp3) is 0.561. The first-order valence-electron chi connectivity index (χ1n) is 17.8. The van der Waals surface area contributed by atoms with Crippen LogP contribution in [0.25, 0.3) is 0 Å². The molecule has 4 bridgehead atoms. The molecule has 0 radical (unpaired) electrons. The van der Waals surface area contributed by atoms with E-state index in [0.29, 0.717) is 23.4 Å². The Morgan fingerprint density at radius 3 is 2.34 bits per heavy atom. The molecule has 3 aromatic rings. The van der Waals surface area contributed by atoms with Crippen LogP contribution in [-0.2, 0) is 23.8 Å². The molecular formula is C41H52Cl2N2O2. The van der Waals surface area contributed by atoms with Gasteiger partial charge in [-0.1, -0.05) is 69.3 Å². The highest BCUT2D eigenvalue weighted by Gasteiger charge is 2.76. The third-order valence-electron chi connectivity index (χ3n) is 13.3. The van der Waals surface area contributed by atoms with Crippen LogP contribution in [0.3, 0.4) is 0 Å². The molecule has 252 valence electrons. The van der Waals surface area contributed by atoms with Gasteiger partial charge in [-0.05, 0) is 115 Å². The van der Waals surface area contributed by atoms with E-state index in [9.17, 15) is 0 Å². The van der Waals surface area contributed by atoms with Crippen LogP contribution in [0, 0.1) is 23.2 Å². The summed E-state index contributed by atoms with van der Waals surface area (Å²) in [6.45, 7) is 11.7. The van der Waals surface area contributed by atoms with Gasteiger partial charge in [0.1, 0.15) is 5.75 Å². The zero-order valence-corrected chi connectivity index (χ0v) is 30.2. The Balaban J connectivity index is 0.00000176. The molecule has 5 fully saturated rings. The Morgan fingerprint density at radius 1 is 0.872 bits per heavy atom. The number of likely N-dealkylation sites (tertiary alicyclic amines) is 2. The van der Waals surface area contributed by atoms with Crippen molar-refractivity contribution in [2.75, 3.05) is 26.7 Å². The second-order valence-electron chi connectivity index (χ2n) is 16.6. The van der Waals surface area contributed by atoms with Gasteiger partial charge in [-0.15, -0.1) is 24.8 Å². The minimum Gasteiger partial charge on any atom is -0.493 e. The van der Waals surface area contributed by atoms with Crippen molar-refractivity contribution < 1.29 is 9.47 Å². The quantitative estimate of drug-likeness (QED) is 0.249. The molecular weight excluding hydrogens is 623 g/mol. The number of rotatable bonds is 7. The number of ether oxygens (including phenoxy) is 2. The molecule has 0 spiro atoms. The standard InChI is InChI=1S/C41H50N2O2.2ClH/c1-39(2,3)31-13-15-32(16-14-31)45-38-34(44-4)17-12-29-22-35-40-19-18-33-36(30(23-40)26-43(33)25-27-8-6-5-7-9-27)41(40,37(29)38)20-21-42(35)24-28-10-11-28;;/h5-9,12-17,28,30,33,35-36H,10-11,18-26H2,1-4H3;2*1H/t30-,33-,35-,36-,40-,41-;;/m1../s1. The molecule has 3 aromatic carbocycles. The molecule has 6 heteroatoms. The molecule has 0 unspecified atom stereocenters. The maximum absolute atomic E-state index is 7.09. The molecule has 47 heavy (non-hydrogen) atoms. The molecule has 2 aliphatic heterocycles. The number of benzene rings is 3. The predicted octanol–water partition coefficient (Wildman–Crippen LogP) is 9.21. The molecule has 3 saturated carbocycles. The first kappa shape index (κ1) is 33.3. The minimum absolute atomic E-state index is 0. The first-order valence-corrected chi connectivity index (χ1v) is 17.8. The summed E-state index contributed by atoms with van der Waals surface area (Å²) in [7, 11) is 1.83. The summed E-state index contributed by atoms with van der Waals surface area (Å²) in [6.07, 6.45) is 9.34. The van der Waals surface area contributed by atoms with Crippen molar-refractivity contribution in [1.82, 2.24) is 9.80 Å².